The Bertz CT molecular complexity index is 947. The third-order valence-electron chi connectivity index (χ3n) is 3.02. The second-order valence-corrected chi connectivity index (χ2v) is 5.02. The molecule has 0 bridgehead atoms. The highest BCUT2D eigenvalue weighted by molar-refractivity contribution is 6.29. The first-order valence-electron chi connectivity index (χ1n) is 6.59. The van der Waals surface area contributed by atoms with Crippen molar-refractivity contribution in [2.45, 2.75) is 0 Å². The lowest BCUT2D eigenvalue weighted by Crippen LogP contribution is -2.07. The van der Waals surface area contributed by atoms with Crippen LogP contribution in [0.15, 0.2) is 48.8 Å². The number of benzene rings is 1. The molecule has 1 N–H and O–H groups in total. The lowest BCUT2D eigenvalue weighted by Gasteiger charge is -2.01. The zero-order chi connectivity index (χ0) is 17.1. The van der Waals surface area contributed by atoms with Crippen LogP contribution in [0.4, 0.5) is 5.69 Å². The molecule has 0 radical (unpaired) electrons. The van der Waals surface area contributed by atoms with Crippen LogP contribution in [0.5, 0.6) is 5.75 Å². The van der Waals surface area contributed by atoms with Gasteiger partial charge in [0, 0.05) is 28.8 Å². The summed E-state index contributed by atoms with van der Waals surface area (Å²) in [5.41, 5.74) is 0.718. The summed E-state index contributed by atoms with van der Waals surface area (Å²) in [5.74, 6) is -0.889. The van der Waals surface area contributed by atoms with E-state index in [1.807, 2.05) is 0 Å². The van der Waals surface area contributed by atoms with Gasteiger partial charge >= 0.3 is 16.6 Å². The predicted octanol–water partition coefficient (Wildman–Crippen LogP) is 3.32. The molecule has 2 heterocycles. The molecule has 120 valence electrons. The maximum Gasteiger partial charge on any atom is 0.337 e. The van der Waals surface area contributed by atoms with Crippen molar-refractivity contribution < 1.29 is 24.7 Å². The largest absolute Gasteiger partial charge is 0.478 e. The summed E-state index contributed by atoms with van der Waals surface area (Å²) in [6.45, 7) is 0. The van der Waals surface area contributed by atoms with E-state index < -0.39 is 5.97 Å². The molecule has 9 heteroatoms. The van der Waals surface area contributed by atoms with E-state index in [1.165, 1.54) is 42.7 Å². The Morgan fingerprint density at radius 1 is 1.17 bits per heavy atom. The van der Waals surface area contributed by atoms with Crippen molar-refractivity contribution >= 4 is 34.2 Å². The maximum atomic E-state index is 11.8. The van der Waals surface area contributed by atoms with E-state index in [9.17, 15) is 9.70 Å². The zero-order valence-electron chi connectivity index (χ0n) is 11.9. The molecule has 0 aliphatic rings. The van der Waals surface area contributed by atoms with Crippen LogP contribution in [-0.2, 0) is 4.99 Å². The van der Waals surface area contributed by atoms with Crippen molar-refractivity contribution in [1.82, 2.24) is 9.97 Å². The molecule has 0 fully saturated rings. The van der Waals surface area contributed by atoms with Crippen LogP contribution in [0.1, 0.15) is 10.4 Å². The van der Waals surface area contributed by atoms with Crippen LogP contribution in [-0.4, -0.2) is 26.0 Å². The van der Waals surface area contributed by atoms with Crippen molar-refractivity contribution in [3.63, 3.8) is 0 Å². The van der Waals surface area contributed by atoms with Crippen molar-refractivity contribution in [1.29, 1.82) is 0 Å². The molecule has 3 rings (SSSR count). The summed E-state index contributed by atoms with van der Waals surface area (Å²) in [4.78, 5) is 40.2. The number of pyridine rings is 2. The number of carboxylic acids is 1. The minimum absolute atomic E-state index is 0.0393. The van der Waals surface area contributed by atoms with E-state index in [1.54, 1.807) is 6.07 Å². The molecule has 24 heavy (non-hydrogen) atoms. The summed E-state index contributed by atoms with van der Waals surface area (Å²) in [6, 6.07) is 8.78. The number of halogens is 1. The number of nitrogens with zero attached hydrogens (tertiary/aromatic N) is 3. The van der Waals surface area contributed by atoms with E-state index in [0.717, 1.165) is 0 Å². The number of rotatable bonds is 5. The molecule has 0 unspecified atom stereocenters. The first kappa shape index (κ1) is 15.6. The van der Waals surface area contributed by atoms with Crippen LogP contribution < -0.4 is 4.89 Å². The van der Waals surface area contributed by atoms with E-state index in [2.05, 4.69) is 15.0 Å². The summed E-state index contributed by atoms with van der Waals surface area (Å²) < 4.78 is 0. The first-order valence-corrected chi connectivity index (χ1v) is 6.97. The van der Waals surface area contributed by atoms with Crippen LogP contribution in [0.3, 0.4) is 0 Å². The Kier molecular flexibility index (Phi) is 4.21. The van der Waals surface area contributed by atoms with Gasteiger partial charge in [-0.2, -0.15) is 0 Å². The average molecular weight is 347 g/mol. The molecule has 3 aromatic rings. The Hall–Kier alpha value is -3.26. The lowest BCUT2D eigenvalue weighted by molar-refractivity contribution is -0.822. The van der Waals surface area contributed by atoms with Gasteiger partial charge in [-0.15, -0.1) is 0 Å². The van der Waals surface area contributed by atoms with E-state index in [4.69, 9.17) is 21.6 Å². The molecular weight excluding hydrogens is 338 g/mol. The molecule has 0 spiro atoms. The number of aromatic carboxylic acids is 1. The molecule has 0 amide bonds. The molecule has 1 aromatic carbocycles. The Morgan fingerprint density at radius 3 is 2.75 bits per heavy atom. The number of hydrogen-bond donors (Lipinski definition) is 1. The second kappa shape index (κ2) is 6.47. The molecule has 0 saturated carbocycles. The van der Waals surface area contributed by atoms with Crippen LogP contribution in [0, 0.1) is 4.91 Å². The van der Waals surface area contributed by atoms with Gasteiger partial charge in [0.25, 0.3) is 0 Å². The molecule has 2 aromatic heterocycles. The Labute approximate surface area is 139 Å². The number of aromatic nitrogens is 2. The highest BCUT2D eigenvalue weighted by Crippen LogP contribution is 2.22. The summed E-state index contributed by atoms with van der Waals surface area (Å²) in [6.07, 6.45) is 2.61. The molecule has 0 aliphatic carbocycles. The normalized spacial score (nSPS) is 10.4. The zero-order valence-corrected chi connectivity index (χ0v) is 12.7. The lowest BCUT2D eigenvalue weighted by atomic mass is 10.1. The highest BCUT2D eigenvalue weighted by atomic mass is 35.5. The van der Waals surface area contributed by atoms with Gasteiger partial charge in [-0.25, -0.2) is 14.7 Å². The van der Waals surface area contributed by atoms with Gasteiger partial charge in [0.05, 0.1) is 22.1 Å². The van der Waals surface area contributed by atoms with Gasteiger partial charge in [0.2, 0.25) is 0 Å². The van der Waals surface area contributed by atoms with E-state index >= 15 is 0 Å². The predicted molar refractivity (Wildman–Crippen MR) is 82.9 cm³/mol. The van der Waals surface area contributed by atoms with Crippen LogP contribution in [0.25, 0.3) is 10.9 Å². The van der Waals surface area contributed by atoms with Crippen molar-refractivity contribution in [3.8, 4) is 5.75 Å². The number of carbonyl (C=O) groups is 1. The molecule has 0 atom stereocenters. The third-order valence-corrected chi connectivity index (χ3v) is 3.23. The van der Waals surface area contributed by atoms with Gasteiger partial charge < -0.3 is 5.11 Å². The fourth-order valence-electron chi connectivity index (χ4n) is 1.90. The summed E-state index contributed by atoms with van der Waals surface area (Å²) in [7, 11) is 0. The fourth-order valence-corrected chi connectivity index (χ4v) is 2.07. The monoisotopic (exact) mass is 346 g/mol. The average Bonchev–Trinajstić information content (AvgIpc) is 2.58. The second-order valence-electron chi connectivity index (χ2n) is 4.64. The van der Waals surface area contributed by atoms with Crippen LogP contribution >= 0.6 is 11.6 Å². The topological polar surface area (TPSA) is 102 Å². The van der Waals surface area contributed by atoms with Gasteiger partial charge in [-0.3, -0.25) is 4.98 Å². The molecular formula is C15H9ClN3O5+. The molecule has 8 nitrogen and oxygen atoms in total. The van der Waals surface area contributed by atoms with E-state index in [0.29, 0.717) is 10.9 Å². The minimum Gasteiger partial charge on any atom is -0.478 e. The maximum absolute atomic E-state index is 11.8. The van der Waals surface area contributed by atoms with Crippen molar-refractivity contribution in [3.05, 3.63) is 64.4 Å². The molecule has 0 aliphatic heterocycles. The van der Waals surface area contributed by atoms with E-state index in [-0.39, 0.29) is 27.1 Å². The fraction of sp³-hybridized carbons (Fsp3) is 0. The minimum atomic E-state index is -1.09. The summed E-state index contributed by atoms with van der Waals surface area (Å²) in [5, 5.41) is 9.64. The van der Waals surface area contributed by atoms with Gasteiger partial charge in [0.1, 0.15) is 5.15 Å². The number of fused-ring (bicyclic) bond motifs is 1. The third kappa shape index (κ3) is 3.39. The van der Waals surface area contributed by atoms with Crippen molar-refractivity contribution in [2.75, 3.05) is 0 Å². The van der Waals surface area contributed by atoms with Gasteiger partial charge in [-0.1, -0.05) is 11.6 Å². The standard InChI is InChI=1S/C15H8ClN3O5/c16-14-7-11(3-4-17-14)19(22)24-23-12-1-2-13-9(6-12)5-10(8-18-13)15(20)21/h1-8H/p+1. The van der Waals surface area contributed by atoms with Crippen LogP contribution in [0.2, 0.25) is 5.15 Å². The Balaban J connectivity index is 1.77. The SMILES string of the molecule is O=C(O)c1cnc2ccc(OO[N+](=O)c3ccnc(Cl)c3)cc2c1. The first-order chi connectivity index (χ1) is 11.5. The number of carboxylic acid groups (broad SMARTS) is 1. The highest BCUT2D eigenvalue weighted by Gasteiger charge is 2.19. The smallest absolute Gasteiger partial charge is 0.337 e. The van der Waals surface area contributed by atoms with Crippen molar-refractivity contribution in [2.24, 2.45) is 0 Å². The molecule has 0 saturated heterocycles. The van der Waals surface area contributed by atoms with Gasteiger partial charge in [0.15, 0.2) is 5.75 Å². The summed E-state index contributed by atoms with van der Waals surface area (Å²) >= 11 is 5.68. The van der Waals surface area contributed by atoms with Gasteiger partial charge in [-0.05, 0) is 24.3 Å². The quantitative estimate of drug-likeness (QED) is 0.429. The Morgan fingerprint density at radius 2 is 2.00 bits per heavy atom. The number of hydrogen-bond acceptors (Lipinski definition) is 6.